The first-order valence-electron chi connectivity index (χ1n) is 5.80. The second kappa shape index (κ2) is 6.31. The molecule has 102 valence electrons. The summed E-state index contributed by atoms with van der Waals surface area (Å²) >= 11 is 6.04. The van der Waals surface area contributed by atoms with Gasteiger partial charge in [-0.3, -0.25) is 9.48 Å². The predicted octanol–water partition coefficient (Wildman–Crippen LogP) is 2.18. The minimum atomic E-state index is -0.880. The van der Waals surface area contributed by atoms with Gasteiger partial charge in [0, 0.05) is 14.2 Å². The number of nitrogens with zero attached hydrogens (tertiary/aromatic N) is 2. The summed E-state index contributed by atoms with van der Waals surface area (Å²) in [6, 6.07) is 0. The average Bonchev–Trinajstić information content (AvgIpc) is 2.75. The molecule has 0 radical (unpaired) electrons. The number of halogens is 1. The van der Waals surface area contributed by atoms with E-state index in [1.165, 1.54) is 13.3 Å². The van der Waals surface area contributed by atoms with Crippen molar-refractivity contribution < 1.29 is 14.3 Å². The summed E-state index contributed by atoms with van der Waals surface area (Å²) in [6.45, 7) is 4.59. The Bertz CT molecular complexity index is 413. The van der Waals surface area contributed by atoms with Crippen LogP contribution in [0.5, 0.6) is 0 Å². The Morgan fingerprint density at radius 2 is 2.22 bits per heavy atom. The maximum Gasteiger partial charge on any atom is 0.213 e. The fourth-order valence-electron chi connectivity index (χ4n) is 1.58. The topological polar surface area (TPSA) is 53.3 Å². The molecule has 0 N–H and O–H groups in total. The highest BCUT2D eigenvalue weighted by Crippen LogP contribution is 2.25. The van der Waals surface area contributed by atoms with Gasteiger partial charge in [-0.2, -0.15) is 5.10 Å². The molecule has 1 rings (SSSR count). The first-order chi connectivity index (χ1) is 8.50. The SMILES string of the molecule is CCC(C)(OC)C(=O)c1c(Cl)cnn1CCOC. The van der Waals surface area contributed by atoms with E-state index in [-0.39, 0.29) is 5.78 Å². The summed E-state index contributed by atoms with van der Waals surface area (Å²) in [5.74, 6) is -0.161. The van der Waals surface area contributed by atoms with E-state index in [1.807, 2.05) is 6.92 Å². The molecule has 0 saturated carbocycles. The molecule has 0 saturated heterocycles. The second-order valence-corrected chi connectivity index (χ2v) is 4.58. The molecule has 0 aliphatic carbocycles. The van der Waals surface area contributed by atoms with E-state index < -0.39 is 5.60 Å². The highest BCUT2D eigenvalue weighted by atomic mass is 35.5. The Hall–Kier alpha value is -0.910. The summed E-state index contributed by atoms with van der Waals surface area (Å²) in [6.07, 6.45) is 2.03. The number of hydrogen-bond donors (Lipinski definition) is 0. The normalized spacial score (nSPS) is 14.5. The van der Waals surface area contributed by atoms with Crippen LogP contribution in [0.25, 0.3) is 0 Å². The van der Waals surface area contributed by atoms with Crippen molar-refractivity contribution in [3.05, 3.63) is 16.9 Å². The van der Waals surface area contributed by atoms with Crippen molar-refractivity contribution in [3.8, 4) is 0 Å². The Balaban J connectivity index is 3.08. The van der Waals surface area contributed by atoms with Crippen molar-refractivity contribution in [1.29, 1.82) is 0 Å². The third kappa shape index (κ3) is 2.91. The van der Waals surface area contributed by atoms with E-state index in [9.17, 15) is 4.79 Å². The van der Waals surface area contributed by atoms with Crippen molar-refractivity contribution in [3.63, 3.8) is 0 Å². The zero-order valence-corrected chi connectivity index (χ0v) is 12.0. The molecule has 0 aromatic carbocycles. The fraction of sp³-hybridized carbons (Fsp3) is 0.667. The Morgan fingerprint density at radius 3 is 2.72 bits per heavy atom. The number of Topliss-reactive ketones (excluding diaryl/α,β-unsaturated/α-hetero) is 1. The van der Waals surface area contributed by atoms with Gasteiger partial charge in [0.2, 0.25) is 5.78 Å². The molecule has 1 unspecified atom stereocenters. The lowest BCUT2D eigenvalue weighted by molar-refractivity contribution is 0.00959. The quantitative estimate of drug-likeness (QED) is 0.715. The van der Waals surface area contributed by atoms with E-state index in [0.717, 1.165) is 0 Å². The van der Waals surface area contributed by atoms with Gasteiger partial charge in [-0.1, -0.05) is 18.5 Å². The van der Waals surface area contributed by atoms with Crippen LogP contribution < -0.4 is 0 Å². The molecular formula is C12H19ClN2O3. The molecule has 0 amide bonds. The van der Waals surface area contributed by atoms with Gasteiger partial charge in [0.25, 0.3) is 0 Å². The van der Waals surface area contributed by atoms with Crippen LogP contribution in [-0.4, -0.2) is 42.0 Å². The highest BCUT2D eigenvalue weighted by molar-refractivity contribution is 6.34. The molecule has 1 heterocycles. The minimum Gasteiger partial charge on any atom is -0.383 e. The standard InChI is InChI=1S/C12H19ClN2O3/c1-5-12(2,18-4)11(16)10-9(13)8-14-15(10)6-7-17-3/h8H,5-7H2,1-4H3. The number of rotatable bonds is 7. The summed E-state index contributed by atoms with van der Waals surface area (Å²) in [4.78, 5) is 12.5. The molecule has 0 aliphatic heterocycles. The molecule has 0 fully saturated rings. The molecule has 1 atom stereocenters. The summed E-state index contributed by atoms with van der Waals surface area (Å²) in [5.41, 5.74) is -0.506. The number of carbonyl (C=O) groups excluding carboxylic acids is 1. The summed E-state index contributed by atoms with van der Waals surface area (Å²) < 4.78 is 11.8. The minimum absolute atomic E-state index is 0.161. The van der Waals surface area contributed by atoms with Crippen LogP contribution in [0.4, 0.5) is 0 Å². The Kier molecular flexibility index (Phi) is 5.31. The van der Waals surface area contributed by atoms with Gasteiger partial charge in [0.05, 0.1) is 24.4 Å². The maximum absolute atomic E-state index is 12.5. The summed E-state index contributed by atoms with van der Waals surface area (Å²) in [5, 5.41) is 4.43. The first-order valence-corrected chi connectivity index (χ1v) is 6.18. The van der Waals surface area contributed by atoms with E-state index in [4.69, 9.17) is 21.1 Å². The van der Waals surface area contributed by atoms with Crippen LogP contribution in [-0.2, 0) is 16.0 Å². The number of methoxy groups -OCH3 is 2. The average molecular weight is 275 g/mol. The number of aromatic nitrogens is 2. The zero-order valence-electron chi connectivity index (χ0n) is 11.2. The second-order valence-electron chi connectivity index (χ2n) is 4.17. The van der Waals surface area contributed by atoms with Crippen LogP contribution in [0.3, 0.4) is 0 Å². The molecule has 1 aromatic rings. The highest BCUT2D eigenvalue weighted by Gasteiger charge is 2.35. The molecule has 18 heavy (non-hydrogen) atoms. The van der Waals surface area contributed by atoms with E-state index >= 15 is 0 Å². The van der Waals surface area contributed by atoms with E-state index in [1.54, 1.807) is 18.7 Å². The largest absolute Gasteiger partial charge is 0.383 e. The number of ether oxygens (including phenoxy) is 2. The van der Waals surface area contributed by atoms with Crippen LogP contribution in [0.15, 0.2) is 6.20 Å². The van der Waals surface area contributed by atoms with Gasteiger partial charge < -0.3 is 9.47 Å². The number of hydrogen-bond acceptors (Lipinski definition) is 4. The van der Waals surface area contributed by atoms with E-state index in [0.29, 0.717) is 30.3 Å². The van der Waals surface area contributed by atoms with Crippen molar-refractivity contribution in [2.45, 2.75) is 32.4 Å². The molecule has 0 bridgehead atoms. The molecule has 0 aliphatic rings. The molecular weight excluding hydrogens is 256 g/mol. The van der Waals surface area contributed by atoms with Crippen molar-refractivity contribution in [2.24, 2.45) is 0 Å². The fourth-order valence-corrected chi connectivity index (χ4v) is 1.81. The Labute approximate surface area is 112 Å². The lowest BCUT2D eigenvalue weighted by Gasteiger charge is -2.25. The van der Waals surface area contributed by atoms with Crippen LogP contribution in [0.2, 0.25) is 5.02 Å². The predicted molar refractivity (Wildman–Crippen MR) is 69.1 cm³/mol. The van der Waals surface area contributed by atoms with Crippen molar-refractivity contribution in [2.75, 3.05) is 20.8 Å². The molecule has 0 spiro atoms. The monoisotopic (exact) mass is 274 g/mol. The third-order valence-electron chi connectivity index (χ3n) is 3.12. The smallest absolute Gasteiger partial charge is 0.213 e. The Morgan fingerprint density at radius 1 is 1.56 bits per heavy atom. The van der Waals surface area contributed by atoms with Gasteiger partial charge in [-0.15, -0.1) is 0 Å². The van der Waals surface area contributed by atoms with Crippen molar-refractivity contribution >= 4 is 17.4 Å². The number of ketones is 1. The van der Waals surface area contributed by atoms with Gasteiger partial charge in [0.1, 0.15) is 11.3 Å². The van der Waals surface area contributed by atoms with Crippen LogP contribution in [0.1, 0.15) is 30.8 Å². The van der Waals surface area contributed by atoms with Crippen LogP contribution >= 0.6 is 11.6 Å². The molecule has 6 heteroatoms. The van der Waals surface area contributed by atoms with Gasteiger partial charge in [-0.05, 0) is 13.3 Å². The van der Waals surface area contributed by atoms with Crippen LogP contribution in [0, 0.1) is 0 Å². The lowest BCUT2D eigenvalue weighted by atomic mass is 9.95. The molecule has 1 aromatic heterocycles. The first kappa shape index (κ1) is 15.1. The summed E-state index contributed by atoms with van der Waals surface area (Å²) in [7, 11) is 3.11. The third-order valence-corrected chi connectivity index (χ3v) is 3.40. The number of carbonyl (C=O) groups is 1. The van der Waals surface area contributed by atoms with Crippen molar-refractivity contribution in [1.82, 2.24) is 9.78 Å². The van der Waals surface area contributed by atoms with Gasteiger partial charge in [-0.25, -0.2) is 0 Å². The van der Waals surface area contributed by atoms with Gasteiger partial charge >= 0.3 is 0 Å². The maximum atomic E-state index is 12.5. The lowest BCUT2D eigenvalue weighted by Crippen LogP contribution is -2.38. The molecule has 5 nitrogen and oxygen atoms in total. The van der Waals surface area contributed by atoms with Gasteiger partial charge in [0.15, 0.2) is 0 Å². The van der Waals surface area contributed by atoms with E-state index in [2.05, 4.69) is 5.10 Å². The zero-order chi connectivity index (χ0) is 13.8.